The average Bonchev–Trinajstić information content (AvgIpc) is 3.48. The zero-order valence-corrected chi connectivity index (χ0v) is 16.7. The van der Waals surface area contributed by atoms with Gasteiger partial charge < -0.3 is 5.32 Å². The lowest BCUT2D eigenvalue weighted by atomic mass is 10.1. The zero-order valence-electron chi connectivity index (χ0n) is 15.9. The van der Waals surface area contributed by atoms with Crippen LogP contribution in [0.5, 0.6) is 0 Å². The van der Waals surface area contributed by atoms with Gasteiger partial charge in [0.05, 0.1) is 29.5 Å². The van der Waals surface area contributed by atoms with Gasteiger partial charge in [-0.1, -0.05) is 17.8 Å². The maximum atomic E-state index is 9.52. The Morgan fingerprint density at radius 3 is 2.97 bits per heavy atom. The normalized spacial score (nSPS) is 16.3. The van der Waals surface area contributed by atoms with Crippen molar-refractivity contribution in [2.45, 2.75) is 29.3 Å². The molecule has 1 saturated heterocycles. The molecule has 29 heavy (non-hydrogen) atoms. The molecule has 1 unspecified atom stereocenters. The van der Waals surface area contributed by atoms with E-state index in [9.17, 15) is 5.26 Å². The predicted octanol–water partition coefficient (Wildman–Crippen LogP) is 3.46. The molecule has 4 aromatic rings. The lowest BCUT2D eigenvalue weighted by Crippen LogP contribution is -2.15. The molecule has 0 bridgehead atoms. The minimum Gasteiger partial charge on any atom is -0.315 e. The lowest BCUT2D eigenvalue weighted by Gasteiger charge is -2.13. The predicted molar refractivity (Wildman–Crippen MR) is 111 cm³/mol. The summed E-state index contributed by atoms with van der Waals surface area (Å²) in [7, 11) is 0. The SMILES string of the molecule is Cc1c(-c2cc(Sc3ccccn3)c3c(C#N)cnn3c2)cnn1C1CCNC1. The first kappa shape index (κ1) is 17.9. The molecule has 1 fully saturated rings. The molecule has 5 rings (SSSR count). The molecule has 1 aliphatic heterocycles. The number of nitriles is 1. The van der Waals surface area contributed by atoms with Gasteiger partial charge in [0.1, 0.15) is 11.1 Å². The van der Waals surface area contributed by atoms with Crippen LogP contribution in [0.15, 0.2) is 59.0 Å². The summed E-state index contributed by atoms with van der Waals surface area (Å²) in [6.07, 6.45) is 8.38. The number of aromatic nitrogens is 5. The van der Waals surface area contributed by atoms with Crippen molar-refractivity contribution >= 4 is 17.3 Å². The molecule has 144 valence electrons. The van der Waals surface area contributed by atoms with Gasteiger partial charge in [-0.3, -0.25) is 4.68 Å². The minimum atomic E-state index is 0.393. The number of nitrogens with one attached hydrogen (secondary N) is 1. The molecular formula is C21H19N7S. The first-order valence-corrected chi connectivity index (χ1v) is 10.3. The van der Waals surface area contributed by atoms with Crippen LogP contribution in [0.25, 0.3) is 16.6 Å². The van der Waals surface area contributed by atoms with E-state index in [2.05, 4.69) is 44.2 Å². The maximum absolute atomic E-state index is 9.52. The van der Waals surface area contributed by atoms with E-state index in [1.165, 1.54) is 11.8 Å². The Morgan fingerprint density at radius 2 is 2.21 bits per heavy atom. The zero-order chi connectivity index (χ0) is 19.8. The van der Waals surface area contributed by atoms with E-state index in [0.29, 0.717) is 11.6 Å². The third-order valence-corrected chi connectivity index (χ3v) is 6.27. The van der Waals surface area contributed by atoms with E-state index in [1.54, 1.807) is 16.9 Å². The number of fused-ring (bicyclic) bond motifs is 1. The number of hydrogen-bond acceptors (Lipinski definition) is 6. The maximum Gasteiger partial charge on any atom is 0.103 e. The van der Waals surface area contributed by atoms with Crippen molar-refractivity contribution in [3.05, 3.63) is 60.3 Å². The average molecular weight is 401 g/mol. The van der Waals surface area contributed by atoms with Crippen LogP contribution in [0, 0.1) is 18.3 Å². The first-order chi connectivity index (χ1) is 14.2. The topological polar surface area (TPSA) is 83.8 Å². The summed E-state index contributed by atoms with van der Waals surface area (Å²) in [6.45, 7) is 4.09. The number of pyridine rings is 2. The Morgan fingerprint density at radius 1 is 1.28 bits per heavy atom. The van der Waals surface area contributed by atoms with Crippen LogP contribution < -0.4 is 5.32 Å². The monoisotopic (exact) mass is 401 g/mol. The summed E-state index contributed by atoms with van der Waals surface area (Å²) in [6, 6.07) is 10.6. The molecule has 0 aliphatic carbocycles. The standard InChI is InChI=1S/C21H19N7S/c1-14-18(12-26-28(14)17-5-7-23-11-17)15-8-19(29-20-4-2-3-6-24-20)21-16(9-22)10-25-27(21)13-15/h2-4,6,8,10,12-13,17,23H,5,7,11H2,1H3. The highest BCUT2D eigenvalue weighted by Crippen LogP contribution is 2.36. The molecule has 0 amide bonds. The van der Waals surface area contributed by atoms with E-state index < -0.39 is 0 Å². The Labute approximate surface area is 172 Å². The summed E-state index contributed by atoms with van der Waals surface area (Å²) in [5, 5.41) is 22.9. The molecular weight excluding hydrogens is 382 g/mol. The number of hydrogen-bond donors (Lipinski definition) is 1. The molecule has 1 N–H and O–H groups in total. The summed E-state index contributed by atoms with van der Waals surface area (Å²) in [5.41, 5.74) is 4.60. The summed E-state index contributed by atoms with van der Waals surface area (Å²) < 4.78 is 3.90. The number of rotatable bonds is 4. The van der Waals surface area contributed by atoms with Crippen LogP contribution in [-0.2, 0) is 0 Å². The van der Waals surface area contributed by atoms with E-state index in [1.807, 2.05) is 30.6 Å². The molecule has 7 nitrogen and oxygen atoms in total. The van der Waals surface area contributed by atoms with Crippen molar-refractivity contribution < 1.29 is 0 Å². The Kier molecular flexibility index (Phi) is 4.54. The molecule has 0 saturated carbocycles. The van der Waals surface area contributed by atoms with Crippen LogP contribution in [0.2, 0.25) is 0 Å². The van der Waals surface area contributed by atoms with Crippen molar-refractivity contribution in [3.63, 3.8) is 0 Å². The lowest BCUT2D eigenvalue weighted by molar-refractivity contribution is 0.480. The van der Waals surface area contributed by atoms with Crippen molar-refractivity contribution in [1.29, 1.82) is 5.26 Å². The van der Waals surface area contributed by atoms with Crippen LogP contribution >= 0.6 is 11.8 Å². The van der Waals surface area contributed by atoms with Gasteiger partial charge in [0, 0.05) is 40.7 Å². The summed E-state index contributed by atoms with van der Waals surface area (Å²) in [5.74, 6) is 0. The smallest absolute Gasteiger partial charge is 0.103 e. The van der Waals surface area contributed by atoms with Crippen molar-refractivity contribution in [2.75, 3.05) is 13.1 Å². The summed E-state index contributed by atoms with van der Waals surface area (Å²) in [4.78, 5) is 5.37. The second-order valence-electron chi connectivity index (χ2n) is 7.06. The highest BCUT2D eigenvalue weighted by atomic mass is 32.2. The van der Waals surface area contributed by atoms with Crippen molar-refractivity contribution in [2.24, 2.45) is 0 Å². The third kappa shape index (κ3) is 3.18. The van der Waals surface area contributed by atoms with Gasteiger partial charge in [-0.25, -0.2) is 9.50 Å². The second kappa shape index (κ2) is 7.35. The molecule has 8 heteroatoms. The van der Waals surface area contributed by atoms with Crippen molar-refractivity contribution in [3.8, 4) is 17.2 Å². The fraction of sp³-hybridized carbons (Fsp3) is 0.238. The molecule has 4 aromatic heterocycles. The van der Waals surface area contributed by atoms with E-state index in [0.717, 1.165) is 51.8 Å². The first-order valence-electron chi connectivity index (χ1n) is 9.50. The highest BCUT2D eigenvalue weighted by Gasteiger charge is 2.21. The van der Waals surface area contributed by atoms with Crippen molar-refractivity contribution in [1.82, 2.24) is 29.7 Å². The Hall–Kier alpha value is -3.15. The van der Waals surface area contributed by atoms with E-state index >= 15 is 0 Å². The van der Waals surface area contributed by atoms with Gasteiger partial charge in [-0.2, -0.15) is 15.5 Å². The number of nitrogens with zero attached hydrogens (tertiary/aromatic N) is 6. The quantitative estimate of drug-likeness (QED) is 0.564. The van der Waals surface area contributed by atoms with Crippen LogP contribution in [0.4, 0.5) is 0 Å². The Balaban J connectivity index is 1.63. The van der Waals surface area contributed by atoms with E-state index in [-0.39, 0.29) is 0 Å². The van der Waals surface area contributed by atoms with Gasteiger partial charge in [0.25, 0.3) is 0 Å². The van der Waals surface area contributed by atoms with E-state index in [4.69, 9.17) is 0 Å². The third-order valence-electron chi connectivity index (χ3n) is 5.29. The molecule has 0 radical (unpaired) electrons. The molecule has 5 heterocycles. The van der Waals surface area contributed by atoms with Gasteiger partial charge >= 0.3 is 0 Å². The van der Waals surface area contributed by atoms with Crippen LogP contribution in [0.1, 0.15) is 23.7 Å². The largest absolute Gasteiger partial charge is 0.315 e. The fourth-order valence-electron chi connectivity index (χ4n) is 3.83. The van der Waals surface area contributed by atoms with Gasteiger partial charge in [0.15, 0.2) is 0 Å². The van der Waals surface area contributed by atoms with Crippen LogP contribution in [-0.4, -0.2) is 37.5 Å². The highest BCUT2D eigenvalue weighted by molar-refractivity contribution is 7.99. The molecule has 1 aliphatic rings. The molecule has 0 aromatic carbocycles. The Bertz CT molecular complexity index is 1210. The van der Waals surface area contributed by atoms with Gasteiger partial charge in [0.2, 0.25) is 0 Å². The van der Waals surface area contributed by atoms with Gasteiger partial charge in [-0.05, 0) is 38.1 Å². The summed E-state index contributed by atoms with van der Waals surface area (Å²) >= 11 is 1.54. The minimum absolute atomic E-state index is 0.393. The molecule has 1 atom stereocenters. The van der Waals surface area contributed by atoms with Gasteiger partial charge in [-0.15, -0.1) is 0 Å². The fourth-order valence-corrected chi connectivity index (χ4v) is 4.81. The second-order valence-corrected chi connectivity index (χ2v) is 8.12. The van der Waals surface area contributed by atoms with Crippen LogP contribution in [0.3, 0.4) is 0 Å². The molecule has 0 spiro atoms.